The van der Waals surface area contributed by atoms with Crippen LogP contribution in [0.1, 0.15) is 0 Å². The number of nitrogens with two attached hydrogens (primary N) is 1. The first-order valence-corrected chi connectivity index (χ1v) is 3.91. The maximum Gasteiger partial charge on any atom is 0.128 e. The molecule has 0 spiro atoms. The van der Waals surface area contributed by atoms with Crippen LogP contribution in [-0.4, -0.2) is 17.4 Å². The van der Waals surface area contributed by atoms with E-state index in [1.54, 1.807) is 0 Å². The Balaban J connectivity index is 0. The normalized spacial score (nSPS) is 7.36. The molecule has 3 N–H and O–H groups in total. The molecule has 0 aromatic carbocycles. The Kier molecular flexibility index (Phi) is 14.9. The quantitative estimate of drug-likeness (QED) is 0.269. The molecule has 0 aliphatic heterocycles. The lowest BCUT2D eigenvalue weighted by atomic mass is 10.5. The van der Waals surface area contributed by atoms with Gasteiger partial charge in [-0.25, -0.2) is 0 Å². The molecule has 0 rings (SSSR count). The monoisotopic (exact) mass is 190 g/mol. The smallest absolute Gasteiger partial charge is 0.128 e. The van der Waals surface area contributed by atoms with E-state index in [0.717, 1.165) is 13.1 Å². The van der Waals surface area contributed by atoms with Gasteiger partial charge in [0.25, 0.3) is 0 Å². The number of hydrogen-bond acceptors (Lipinski definition) is 2. The lowest BCUT2D eigenvalue weighted by molar-refractivity contribution is 0.845. The first-order chi connectivity index (χ1) is 5.15. The van der Waals surface area contributed by atoms with Crippen molar-refractivity contribution in [3.05, 3.63) is 25.3 Å². The van der Waals surface area contributed by atoms with Crippen molar-refractivity contribution in [1.82, 2.24) is 5.32 Å². The molecule has 0 unspecified atom stereocenters. The van der Waals surface area contributed by atoms with Crippen molar-refractivity contribution in [3.8, 4) is 0 Å². The van der Waals surface area contributed by atoms with Crippen LogP contribution in [-0.2, 0) is 0 Å². The van der Waals surface area contributed by atoms with Crippen LogP contribution in [0, 0.1) is 0 Å². The molecule has 4 heteroatoms. The number of thiocarbonyl (C=S) groups is 1. The molecular weight excluding hydrogens is 176 g/mol. The molecule has 2 nitrogen and oxygen atoms in total. The molecule has 0 saturated heterocycles. The summed E-state index contributed by atoms with van der Waals surface area (Å²) in [5.41, 5.74) is 4.71. The number of thiol groups is 1. The zero-order valence-electron chi connectivity index (χ0n) is 6.42. The van der Waals surface area contributed by atoms with E-state index in [1.165, 1.54) is 0 Å². The molecule has 0 amide bonds. The molecule has 11 heavy (non-hydrogen) atoms. The molecule has 0 aromatic rings. The van der Waals surface area contributed by atoms with Gasteiger partial charge in [-0.05, 0) is 0 Å². The highest BCUT2D eigenvalue weighted by atomic mass is 32.1. The van der Waals surface area contributed by atoms with Gasteiger partial charge in [0.05, 0.1) is 0 Å². The predicted molar refractivity (Wildman–Crippen MR) is 59.0 cm³/mol. The standard InChI is InChI=1S/C6H11N.CH3NS2/c1-3-5-7-6-4-2;2-1(3)4/h3-4,7H,1-2,5-6H2;(H3,2,3,4). The Morgan fingerprint density at radius 1 is 1.45 bits per heavy atom. The Morgan fingerprint density at radius 3 is 1.91 bits per heavy atom. The van der Waals surface area contributed by atoms with Gasteiger partial charge in [0.15, 0.2) is 0 Å². The van der Waals surface area contributed by atoms with Crippen LogP contribution in [0.3, 0.4) is 0 Å². The zero-order valence-corrected chi connectivity index (χ0v) is 8.13. The minimum Gasteiger partial charge on any atom is -0.385 e. The van der Waals surface area contributed by atoms with Gasteiger partial charge in [-0.15, -0.1) is 25.8 Å². The van der Waals surface area contributed by atoms with Crippen LogP contribution in [0.5, 0.6) is 0 Å². The van der Waals surface area contributed by atoms with E-state index in [4.69, 9.17) is 5.73 Å². The summed E-state index contributed by atoms with van der Waals surface area (Å²) >= 11 is 7.65. The zero-order chi connectivity index (χ0) is 9.11. The molecule has 64 valence electrons. The highest BCUT2D eigenvalue weighted by Gasteiger charge is 1.69. The molecule has 0 fully saturated rings. The van der Waals surface area contributed by atoms with Crippen LogP contribution < -0.4 is 11.1 Å². The van der Waals surface area contributed by atoms with Crippen molar-refractivity contribution in [2.45, 2.75) is 0 Å². The molecule has 0 aliphatic carbocycles. The second kappa shape index (κ2) is 12.4. The van der Waals surface area contributed by atoms with E-state index in [-0.39, 0.29) is 4.32 Å². The molecular formula is C7H14N2S2. The predicted octanol–water partition coefficient (Wildman–Crippen LogP) is 1.11. The van der Waals surface area contributed by atoms with E-state index < -0.39 is 0 Å². The third-order valence-electron chi connectivity index (χ3n) is 0.577. The SMILES string of the molecule is C=CCNCC=C.NC(=S)S. The third-order valence-corrected chi connectivity index (χ3v) is 0.577. The highest BCUT2D eigenvalue weighted by Crippen LogP contribution is 1.63. The fourth-order valence-electron chi connectivity index (χ4n) is 0.287. The number of nitrogens with one attached hydrogen (secondary N) is 1. The summed E-state index contributed by atoms with van der Waals surface area (Å²) in [6, 6.07) is 0. The second-order valence-corrected chi connectivity index (χ2v) is 2.80. The Hall–Kier alpha value is -0.320. The fourth-order valence-corrected chi connectivity index (χ4v) is 0.287. The molecule has 0 heterocycles. The molecule has 0 atom stereocenters. The van der Waals surface area contributed by atoms with Crippen molar-refractivity contribution >= 4 is 29.2 Å². The summed E-state index contributed by atoms with van der Waals surface area (Å²) in [4.78, 5) is 0. The summed E-state index contributed by atoms with van der Waals surface area (Å²) < 4.78 is 0.194. The molecule has 0 aliphatic rings. The van der Waals surface area contributed by atoms with Gasteiger partial charge in [-0.2, -0.15) is 0 Å². The topological polar surface area (TPSA) is 38.0 Å². The van der Waals surface area contributed by atoms with E-state index in [2.05, 4.69) is 43.3 Å². The Bertz CT molecular complexity index is 112. The summed E-state index contributed by atoms with van der Waals surface area (Å²) in [7, 11) is 0. The van der Waals surface area contributed by atoms with E-state index in [1.807, 2.05) is 12.2 Å². The van der Waals surface area contributed by atoms with Crippen LogP contribution in [0.2, 0.25) is 0 Å². The van der Waals surface area contributed by atoms with Gasteiger partial charge in [-0.1, -0.05) is 24.4 Å². The van der Waals surface area contributed by atoms with Crippen LogP contribution >= 0.6 is 24.8 Å². The largest absolute Gasteiger partial charge is 0.385 e. The van der Waals surface area contributed by atoms with Crippen molar-refractivity contribution in [3.63, 3.8) is 0 Å². The van der Waals surface area contributed by atoms with Crippen LogP contribution in [0.25, 0.3) is 0 Å². The average Bonchev–Trinajstić information content (AvgIpc) is 1.88. The minimum absolute atomic E-state index is 0.194. The van der Waals surface area contributed by atoms with Crippen LogP contribution in [0.4, 0.5) is 0 Å². The van der Waals surface area contributed by atoms with Crippen molar-refractivity contribution in [1.29, 1.82) is 0 Å². The van der Waals surface area contributed by atoms with E-state index in [9.17, 15) is 0 Å². The van der Waals surface area contributed by atoms with Gasteiger partial charge in [0, 0.05) is 13.1 Å². The summed E-state index contributed by atoms with van der Waals surface area (Å²) in [5, 5.41) is 3.05. The van der Waals surface area contributed by atoms with Crippen LogP contribution in [0.15, 0.2) is 25.3 Å². The van der Waals surface area contributed by atoms with E-state index >= 15 is 0 Å². The van der Waals surface area contributed by atoms with Crippen molar-refractivity contribution in [2.24, 2.45) is 5.73 Å². The Morgan fingerprint density at radius 2 is 1.73 bits per heavy atom. The maximum atomic E-state index is 4.71. The third kappa shape index (κ3) is 42.2. The fraction of sp³-hybridized carbons (Fsp3) is 0.286. The second-order valence-electron chi connectivity index (χ2n) is 1.57. The number of hydrogen-bond donors (Lipinski definition) is 3. The first kappa shape index (κ1) is 13.3. The number of rotatable bonds is 4. The van der Waals surface area contributed by atoms with Gasteiger partial charge >= 0.3 is 0 Å². The maximum absolute atomic E-state index is 4.71. The highest BCUT2D eigenvalue weighted by molar-refractivity contribution is 8.10. The summed E-state index contributed by atoms with van der Waals surface area (Å²) in [5.74, 6) is 0. The summed E-state index contributed by atoms with van der Waals surface area (Å²) in [6.07, 6.45) is 3.65. The molecule has 0 bridgehead atoms. The van der Waals surface area contributed by atoms with Crippen molar-refractivity contribution in [2.75, 3.05) is 13.1 Å². The first-order valence-electron chi connectivity index (χ1n) is 3.06. The van der Waals surface area contributed by atoms with Gasteiger partial charge in [-0.3, -0.25) is 0 Å². The van der Waals surface area contributed by atoms with E-state index in [0.29, 0.717) is 0 Å². The van der Waals surface area contributed by atoms with Crippen molar-refractivity contribution < 1.29 is 0 Å². The lowest BCUT2D eigenvalue weighted by Gasteiger charge is -1.90. The van der Waals surface area contributed by atoms with Gasteiger partial charge in [0.1, 0.15) is 4.32 Å². The molecule has 0 saturated carbocycles. The Labute approximate surface area is 79.0 Å². The molecule has 0 radical (unpaired) electrons. The van der Waals surface area contributed by atoms with Gasteiger partial charge in [0.2, 0.25) is 0 Å². The average molecular weight is 190 g/mol. The minimum atomic E-state index is 0.194. The summed E-state index contributed by atoms with van der Waals surface area (Å²) in [6.45, 7) is 8.81. The molecule has 0 aromatic heterocycles. The lowest BCUT2D eigenvalue weighted by Crippen LogP contribution is -2.11. The van der Waals surface area contributed by atoms with Gasteiger partial charge < -0.3 is 11.1 Å².